The van der Waals surface area contributed by atoms with Crippen LogP contribution in [-0.2, 0) is 28.6 Å². The van der Waals surface area contributed by atoms with E-state index < -0.39 is 6.10 Å². The first kappa shape index (κ1) is 73.1. The van der Waals surface area contributed by atoms with Gasteiger partial charge in [-0.1, -0.05) is 281 Å². The quantitative estimate of drug-likeness (QED) is 0.0261. The summed E-state index contributed by atoms with van der Waals surface area (Å²) in [7, 11) is 0. The monoisotopic (exact) mass is 1060 g/mol. The van der Waals surface area contributed by atoms with E-state index in [9.17, 15) is 14.4 Å². The number of ether oxygens (including phenoxy) is 3. The van der Waals surface area contributed by atoms with Crippen molar-refractivity contribution in [2.75, 3.05) is 13.2 Å². The van der Waals surface area contributed by atoms with Gasteiger partial charge in [-0.2, -0.15) is 0 Å². The van der Waals surface area contributed by atoms with Gasteiger partial charge in [-0.25, -0.2) is 0 Å². The second kappa shape index (κ2) is 64.6. The van der Waals surface area contributed by atoms with E-state index in [2.05, 4.69) is 81.5 Å². The first-order chi connectivity index (χ1) is 37.5. The highest BCUT2D eigenvalue weighted by atomic mass is 16.6. The van der Waals surface area contributed by atoms with Crippen LogP contribution in [0.4, 0.5) is 0 Å². The average molecular weight is 1060 g/mol. The predicted molar refractivity (Wildman–Crippen MR) is 330 cm³/mol. The fourth-order valence-corrected chi connectivity index (χ4v) is 9.68. The molecule has 0 aliphatic heterocycles. The third kappa shape index (κ3) is 62.0. The lowest BCUT2D eigenvalue weighted by Gasteiger charge is -2.18. The van der Waals surface area contributed by atoms with E-state index in [0.717, 1.165) is 77.0 Å². The van der Waals surface area contributed by atoms with Crippen LogP contribution in [0.1, 0.15) is 348 Å². The maximum absolute atomic E-state index is 12.9. The zero-order valence-electron chi connectivity index (χ0n) is 50.8. The van der Waals surface area contributed by atoms with Gasteiger partial charge < -0.3 is 14.2 Å². The molecule has 0 aromatic carbocycles. The lowest BCUT2D eigenvalue weighted by atomic mass is 10.1. The fourth-order valence-electron chi connectivity index (χ4n) is 9.68. The fraction of sp³-hybridized carbons (Fsp3) is 0.814. The van der Waals surface area contributed by atoms with Crippen LogP contribution in [-0.4, -0.2) is 37.2 Å². The Morgan fingerprint density at radius 2 is 0.474 bits per heavy atom. The number of hydrogen-bond acceptors (Lipinski definition) is 6. The van der Waals surface area contributed by atoms with E-state index in [-0.39, 0.29) is 31.1 Å². The van der Waals surface area contributed by atoms with Crippen LogP contribution < -0.4 is 0 Å². The highest BCUT2D eigenvalue weighted by Gasteiger charge is 2.19. The van der Waals surface area contributed by atoms with E-state index in [0.29, 0.717) is 19.3 Å². The van der Waals surface area contributed by atoms with Crippen LogP contribution in [0.15, 0.2) is 60.8 Å². The lowest BCUT2D eigenvalue weighted by Crippen LogP contribution is -2.30. The summed E-state index contributed by atoms with van der Waals surface area (Å²) in [6, 6.07) is 0. The standard InChI is InChI=1S/C70H126O6/c1-4-7-10-13-16-19-22-25-28-31-33-35-37-39-42-45-48-51-54-57-60-63-69(72)75-66-67(65-74-68(71)62-59-56-53-50-47-44-41-30-27-24-21-18-15-12-9-6-3)76-70(73)64-61-58-55-52-49-46-43-40-38-36-34-32-29-26-23-20-17-14-11-8-5-2/h22-23,25-26,30-34,41,67H,4-21,24,27-29,35-40,42-66H2,1-3H3/b25-22-,26-23-,33-31-,34-32-,41-30-. The Labute approximate surface area is 472 Å². The number of carbonyl (C=O) groups excluding carboxylic acids is 3. The minimum absolute atomic E-state index is 0.0790. The molecule has 1 atom stereocenters. The molecule has 0 saturated carbocycles. The van der Waals surface area contributed by atoms with Crippen molar-refractivity contribution in [1.82, 2.24) is 0 Å². The van der Waals surface area contributed by atoms with Crippen molar-refractivity contribution in [3.05, 3.63) is 60.8 Å². The summed E-state index contributed by atoms with van der Waals surface area (Å²) in [5.74, 6) is -0.877. The van der Waals surface area contributed by atoms with E-state index >= 15 is 0 Å². The molecule has 0 aromatic heterocycles. The van der Waals surface area contributed by atoms with Gasteiger partial charge >= 0.3 is 17.9 Å². The Bertz CT molecular complexity index is 1360. The summed E-state index contributed by atoms with van der Waals surface area (Å²) in [6.45, 7) is 6.65. The molecule has 0 aliphatic carbocycles. The van der Waals surface area contributed by atoms with Crippen molar-refractivity contribution in [2.45, 2.75) is 354 Å². The van der Waals surface area contributed by atoms with Crippen molar-refractivity contribution in [1.29, 1.82) is 0 Å². The van der Waals surface area contributed by atoms with E-state index in [1.54, 1.807) is 0 Å². The Balaban J connectivity index is 4.37. The van der Waals surface area contributed by atoms with Gasteiger partial charge in [0.05, 0.1) is 0 Å². The zero-order valence-corrected chi connectivity index (χ0v) is 50.8. The van der Waals surface area contributed by atoms with Gasteiger partial charge in [0.1, 0.15) is 13.2 Å². The Morgan fingerprint density at radius 3 is 0.737 bits per heavy atom. The molecule has 0 radical (unpaired) electrons. The number of hydrogen-bond donors (Lipinski definition) is 0. The van der Waals surface area contributed by atoms with Gasteiger partial charge in [0.2, 0.25) is 0 Å². The van der Waals surface area contributed by atoms with Gasteiger partial charge in [-0.15, -0.1) is 0 Å². The molecule has 0 rings (SSSR count). The third-order valence-corrected chi connectivity index (χ3v) is 14.7. The van der Waals surface area contributed by atoms with Gasteiger partial charge in [-0.05, 0) is 109 Å². The third-order valence-electron chi connectivity index (χ3n) is 14.7. The zero-order chi connectivity index (χ0) is 55.0. The molecule has 0 amide bonds. The largest absolute Gasteiger partial charge is 0.462 e. The number of unbranched alkanes of at least 4 members (excludes halogenated alkanes) is 40. The van der Waals surface area contributed by atoms with Gasteiger partial charge in [-0.3, -0.25) is 14.4 Å². The molecule has 0 fully saturated rings. The summed E-state index contributed by atoms with van der Waals surface area (Å²) in [4.78, 5) is 38.4. The topological polar surface area (TPSA) is 78.9 Å². The molecule has 0 spiro atoms. The average Bonchev–Trinajstić information content (AvgIpc) is 3.42. The first-order valence-corrected chi connectivity index (χ1v) is 33.3. The van der Waals surface area contributed by atoms with Gasteiger partial charge in [0.15, 0.2) is 6.10 Å². The summed E-state index contributed by atoms with van der Waals surface area (Å²) >= 11 is 0. The van der Waals surface area contributed by atoms with E-state index in [4.69, 9.17) is 14.2 Å². The van der Waals surface area contributed by atoms with Crippen molar-refractivity contribution in [2.24, 2.45) is 0 Å². The molecule has 442 valence electrons. The number of esters is 3. The van der Waals surface area contributed by atoms with Crippen molar-refractivity contribution >= 4 is 17.9 Å². The molecule has 76 heavy (non-hydrogen) atoms. The highest BCUT2D eigenvalue weighted by molar-refractivity contribution is 5.71. The van der Waals surface area contributed by atoms with Crippen LogP contribution in [0.5, 0.6) is 0 Å². The Hall–Kier alpha value is -2.89. The van der Waals surface area contributed by atoms with Gasteiger partial charge in [0, 0.05) is 19.3 Å². The van der Waals surface area contributed by atoms with Crippen LogP contribution in [0, 0.1) is 0 Å². The molecule has 1 unspecified atom stereocenters. The highest BCUT2D eigenvalue weighted by Crippen LogP contribution is 2.16. The second-order valence-corrected chi connectivity index (χ2v) is 22.4. The number of allylic oxidation sites excluding steroid dienone is 10. The maximum Gasteiger partial charge on any atom is 0.306 e. The SMILES string of the molecule is CCCCCCC/C=C\C/C=C\CCCCCCCCCCCC(=O)OCC(COC(=O)CCCCCCC/C=C\CCCCCCCCC)OC(=O)CCCCCCCCCCC/C=C\C/C=C\CCCCCCC. The molecule has 6 nitrogen and oxygen atoms in total. The van der Waals surface area contributed by atoms with Gasteiger partial charge in [0.25, 0.3) is 0 Å². The summed E-state index contributed by atoms with van der Waals surface area (Å²) in [6.07, 6.45) is 82.2. The van der Waals surface area contributed by atoms with Crippen LogP contribution in [0.25, 0.3) is 0 Å². The molecular weight excluding hydrogens is 937 g/mol. The maximum atomic E-state index is 12.9. The molecule has 6 heteroatoms. The smallest absolute Gasteiger partial charge is 0.306 e. The van der Waals surface area contributed by atoms with E-state index in [1.165, 1.54) is 231 Å². The normalized spacial score (nSPS) is 12.4. The second-order valence-electron chi connectivity index (χ2n) is 22.4. The Morgan fingerprint density at radius 1 is 0.263 bits per heavy atom. The van der Waals surface area contributed by atoms with Crippen molar-refractivity contribution in [3.63, 3.8) is 0 Å². The molecule has 0 heterocycles. The molecule has 0 N–H and O–H groups in total. The molecule has 0 aliphatic rings. The van der Waals surface area contributed by atoms with Crippen molar-refractivity contribution in [3.8, 4) is 0 Å². The number of rotatable bonds is 61. The first-order valence-electron chi connectivity index (χ1n) is 33.3. The summed E-state index contributed by atoms with van der Waals surface area (Å²) < 4.78 is 17.0. The molecule has 0 bridgehead atoms. The summed E-state index contributed by atoms with van der Waals surface area (Å²) in [5, 5.41) is 0. The van der Waals surface area contributed by atoms with E-state index in [1.807, 2.05) is 0 Å². The minimum atomic E-state index is -0.783. The molecular formula is C70H126O6. The molecule has 0 saturated heterocycles. The number of carbonyl (C=O) groups is 3. The van der Waals surface area contributed by atoms with Crippen LogP contribution in [0.2, 0.25) is 0 Å². The Kier molecular flexibility index (Phi) is 62.2. The van der Waals surface area contributed by atoms with Crippen molar-refractivity contribution < 1.29 is 28.6 Å². The van der Waals surface area contributed by atoms with Crippen LogP contribution in [0.3, 0.4) is 0 Å². The summed E-state index contributed by atoms with van der Waals surface area (Å²) in [5.41, 5.74) is 0. The molecule has 0 aromatic rings. The van der Waals surface area contributed by atoms with Crippen LogP contribution >= 0.6 is 0 Å². The lowest BCUT2D eigenvalue weighted by molar-refractivity contribution is -0.167. The minimum Gasteiger partial charge on any atom is -0.462 e. The predicted octanol–water partition coefficient (Wildman–Crippen LogP) is 22.7.